The lowest BCUT2D eigenvalue weighted by atomic mass is 10.1. The van der Waals surface area contributed by atoms with Gasteiger partial charge in [0.2, 0.25) is 5.65 Å². The van der Waals surface area contributed by atoms with E-state index in [1.165, 1.54) is 0 Å². The summed E-state index contributed by atoms with van der Waals surface area (Å²) in [4.78, 5) is 19.2. The average Bonchev–Trinajstić information content (AvgIpc) is 2.98. The first-order valence-electron chi connectivity index (χ1n) is 8.58. The lowest BCUT2D eigenvalue weighted by Gasteiger charge is -2.27. The Balaban J connectivity index is 1.88. The molecule has 0 unspecified atom stereocenters. The topological polar surface area (TPSA) is 73.1 Å². The molecule has 0 bridgehead atoms. The van der Waals surface area contributed by atoms with Gasteiger partial charge in [-0.1, -0.05) is 0 Å². The van der Waals surface area contributed by atoms with Gasteiger partial charge in [-0.25, -0.2) is 4.98 Å². The highest BCUT2D eigenvalue weighted by molar-refractivity contribution is 6.05. The van der Waals surface area contributed by atoms with Gasteiger partial charge < -0.3 is 14.2 Å². The third-order valence-corrected chi connectivity index (χ3v) is 4.63. The van der Waals surface area contributed by atoms with E-state index < -0.39 is 0 Å². The molecule has 0 spiro atoms. The third kappa shape index (κ3) is 2.64. The Kier molecular flexibility index (Phi) is 3.88. The molecule has 1 aliphatic rings. The quantitative estimate of drug-likeness (QED) is 0.716. The molecule has 2 aromatic heterocycles. The number of morpholine rings is 1. The van der Waals surface area contributed by atoms with Gasteiger partial charge in [0.05, 0.1) is 24.2 Å². The Morgan fingerprint density at radius 2 is 1.96 bits per heavy atom. The summed E-state index contributed by atoms with van der Waals surface area (Å²) >= 11 is 0. The van der Waals surface area contributed by atoms with Gasteiger partial charge in [-0.2, -0.15) is 0 Å². The lowest BCUT2D eigenvalue weighted by molar-refractivity contribution is 0.0303. The Labute approximate surface area is 145 Å². The fourth-order valence-corrected chi connectivity index (χ4v) is 3.48. The number of carbonyl (C=O) groups is 1. The van der Waals surface area contributed by atoms with Crippen LogP contribution in [0, 0.1) is 6.92 Å². The molecule has 0 atom stereocenters. The number of fused-ring (bicyclic) bond motifs is 3. The normalized spacial score (nSPS) is 15.4. The number of imidazole rings is 1. The van der Waals surface area contributed by atoms with Gasteiger partial charge >= 0.3 is 0 Å². The first-order chi connectivity index (χ1) is 12.1. The van der Waals surface area contributed by atoms with Gasteiger partial charge in [-0.05, 0) is 39.0 Å². The minimum atomic E-state index is 0.0301. The van der Waals surface area contributed by atoms with Crippen LogP contribution < -0.4 is 0 Å². The van der Waals surface area contributed by atoms with Crippen molar-refractivity contribution in [3.63, 3.8) is 0 Å². The second-order valence-electron chi connectivity index (χ2n) is 6.63. The number of aryl methyl sites for hydroxylation is 1. The summed E-state index contributed by atoms with van der Waals surface area (Å²) in [7, 11) is 0. The standard InChI is InChI=1S/C18H21N5O2/c1-11(2)23-12(3)19-17-16(23)14-10-13(4-5-15(14)20-21-17)18(24)22-6-8-25-9-7-22/h4-5,10-11H,6-9H2,1-3H3. The first kappa shape index (κ1) is 16.0. The van der Waals surface area contributed by atoms with Crippen LogP contribution in [0.2, 0.25) is 0 Å². The molecule has 1 aliphatic heterocycles. The van der Waals surface area contributed by atoms with Crippen LogP contribution in [-0.2, 0) is 4.74 Å². The Bertz CT molecular complexity index is 957. The van der Waals surface area contributed by atoms with E-state index in [0.29, 0.717) is 37.5 Å². The highest BCUT2D eigenvalue weighted by Crippen LogP contribution is 2.27. The number of nitrogens with zero attached hydrogens (tertiary/aromatic N) is 5. The van der Waals surface area contributed by atoms with E-state index >= 15 is 0 Å². The van der Waals surface area contributed by atoms with Gasteiger partial charge in [0.25, 0.3) is 5.91 Å². The summed E-state index contributed by atoms with van der Waals surface area (Å²) in [5.41, 5.74) is 2.99. The molecule has 3 heterocycles. The fraction of sp³-hybridized carbons (Fsp3) is 0.444. The van der Waals surface area contributed by atoms with Crippen LogP contribution in [0.4, 0.5) is 0 Å². The number of rotatable bonds is 2. The number of amides is 1. The molecular formula is C18H21N5O2. The second-order valence-corrected chi connectivity index (χ2v) is 6.63. The fourth-order valence-electron chi connectivity index (χ4n) is 3.48. The number of ether oxygens (including phenoxy) is 1. The van der Waals surface area contributed by atoms with Crippen LogP contribution in [0.3, 0.4) is 0 Å². The molecule has 1 fully saturated rings. The van der Waals surface area contributed by atoms with E-state index in [1.807, 2.05) is 30.0 Å². The molecule has 1 amide bonds. The summed E-state index contributed by atoms with van der Waals surface area (Å²) < 4.78 is 7.48. The molecule has 130 valence electrons. The monoisotopic (exact) mass is 339 g/mol. The summed E-state index contributed by atoms with van der Waals surface area (Å²) in [6.07, 6.45) is 0. The minimum absolute atomic E-state index is 0.0301. The van der Waals surface area contributed by atoms with E-state index in [4.69, 9.17) is 4.74 Å². The number of carbonyl (C=O) groups excluding carboxylic acids is 1. The zero-order chi connectivity index (χ0) is 17.6. The van der Waals surface area contributed by atoms with Crippen molar-refractivity contribution in [2.45, 2.75) is 26.8 Å². The van der Waals surface area contributed by atoms with Crippen molar-refractivity contribution in [2.75, 3.05) is 26.3 Å². The molecule has 7 nitrogen and oxygen atoms in total. The molecule has 1 saturated heterocycles. The van der Waals surface area contributed by atoms with Crippen LogP contribution in [0.15, 0.2) is 18.2 Å². The number of aromatic nitrogens is 4. The van der Waals surface area contributed by atoms with Crippen LogP contribution >= 0.6 is 0 Å². The number of benzene rings is 1. The van der Waals surface area contributed by atoms with Crippen LogP contribution in [0.1, 0.15) is 36.1 Å². The molecule has 0 aliphatic carbocycles. The lowest BCUT2D eigenvalue weighted by Crippen LogP contribution is -2.40. The first-order valence-corrected chi connectivity index (χ1v) is 8.58. The maximum absolute atomic E-state index is 12.8. The molecule has 1 aromatic carbocycles. The molecule has 4 rings (SSSR count). The number of hydrogen-bond acceptors (Lipinski definition) is 5. The summed E-state index contributed by atoms with van der Waals surface area (Å²) in [6.45, 7) is 8.64. The van der Waals surface area contributed by atoms with Crippen LogP contribution in [0.25, 0.3) is 22.1 Å². The van der Waals surface area contributed by atoms with Gasteiger partial charge in [0.15, 0.2) is 0 Å². The smallest absolute Gasteiger partial charge is 0.254 e. The molecule has 0 N–H and O–H groups in total. The largest absolute Gasteiger partial charge is 0.378 e. The third-order valence-electron chi connectivity index (χ3n) is 4.63. The van der Waals surface area contributed by atoms with Crippen molar-refractivity contribution in [3.8, 4) is 0 Å². The zero-order valence-corrected chi connectivity index (χ0v) is 14.7. The van der Waals surface area contributed by atoms with Crippen molar-refractivity contribution in [1.82, 2.24) is 24.6 Å². The van der Waals surface area contributed by atoms with E-state index in [1.54, 1.807) is 0 Å². The van der Waals surface area contributed by atoms with Gasteiger partial charge in [-0.15, -0.1) is 10.2 Å². The Morgan fingerprint density at radius 1 is 1.20 bits per heavy atom. The summed E-state index contributed by atoms with van der Waals surface area (Å²) in [5.74, 6) is 0.930. The molecule has 25 heavy (non-hydrogen) atoms. The van der Waals surface area contributed by atoms with Crippen molar-refractivity contribution in [3.05, 3.63) is 29.6 Å². The zero-order valence-electron chi connectivity index (χ0n) is 14.7. The highest BCUT2D eigenvalue weighted by atomic mass is 16.5. The summed E-state index contributed by atoms with van der Waals surface area (Å²) in [5, 5.41) is 9.42. The van der Waals surface area contributed by atoms with Crippen LogP contribution in [-0.4, -0.2) is 56.9 Å². The molecule has 3 aromatic rings. The Morgan fingerprint density at radius 3 is 2.68 bits per heavy atom. The van der Waals surface area contributed by atoms with Gasteiger partial charge in [-0.3, -0.25) is 4.79 Å². The predicted octanol–water partition coefficient (Wildman–Crippen LogP) is 2.34. The van der Waals surface area contributed by atoms with Crippen molar-refractivity contribution >= 4 is 28.0 Å². The van der Waals surface area contributed by atoms with E-state index in [9.17, 15) is 4.79 Å². The maximum Gasteiger partial charge on any atom is 0.254 e. The Hall–Kier alpha value is -2.54. The highest BCUT2D eigenvalue weighted by Gasteiger charge is 2.21. The average molecular weight is 339 g/mol. The van der Waals surface area contributed by atoms with Gasteiger partial charge in [0.1, 0.15) is 5.82 Å². The van der Waals surface area contributed by atoms with Crippen molar-refractivity contribution < 1.29 is 9.53 Å². The SMILES string of the molecule is Cc1nc2nnc3ccc(C(=O)N4CCOCC4)cc3c2n1C(C)C. The molecule has 7 heteroatoms. The number of hydrogen-bond donors (Lipinski definition) is 0. The second kappa shape index (κ2) is 6.07. The van der Waals surface area contributed by atoms with Crippen LogP contribution in [0.5, 0.6) is 0 Å². The molecule has 0 saturated carbocycles. The van der Waals surface area contributed by atoms with E-state index in [-0.39, 0.29) is 11.9 Å². The van der Waals surface area contributed by atoms with Crippen molar-refractivity contribution in [1.29, 1.82) is 0 Å². The molecular weight excluding hydrogens is 318 g/mol. The predicted molar refractivity (Wildman–Crippen MR) is 94.7 cm³/mol. The van der Waals surface area contributed by atoms with Gasteiger partial charge in [0, 0.05) is 30.1 Å². The minimum Gasteiger partial charge on any atom is -0.378 e. The van der Waals surface area contributed by atoms with Crippen molar-refractivity contribution in [2.24, 2.45) is 0 Å². The maximum atomic E-state index is 12.8. The van der Waals surface area contributed by atoms with E-state index in [2.05, 4.69) is 33.6 Å². The molecule has 0 radical (unpaired) electrons. The van der Waals surface area contributed by atoms with E-state index in [0.717, 1.165) is 22.2 Å². The summed E-state index contributed by atoms with van der Waals surface area (Å²) in [6, 6.07) is 5.85.